The van der Waals surface area contributed by atoms with E-state index in [-0.39, 0.29) is 12.0 Å². The molecule has 2 aromatic carbocycles. The molecule has 5 nitrogen and oxygen atoms in total. The lowest BCUT2D eigenvalue weighted by molar-refractivity contribution is -0.137. The first-order valence-electron chi connectivity index (χ1n) is 11.5. The molecular formula is C26H30ClN3O2. The summed E-state index contributed by atoms with van der Waals surface area (Å²) >= 11 is 6.74. The third kappa shape index (κ3) is 4.11. The number of aromatic nitrogens is 2. The number of nitrogens with one attached hydrogen (secondary N) is 1. The van der Waals surface area contributed by atoms with Crippen molar-refractivity contribution in [3.8, 4) is 0 Å². The van der Waals surface area contributed by atoms with Crippen LogP contribution in [0.2, 0.25) is 5.02 Å². The first-order chi connectivity index (χ1) is 15.3. The van der Waals surface area contributed by atoms with Crippen molar-refractivity contribution in [1.82, 2.24) is 9.78 Å². The summed E-state index contributed by atoms with van der Waals surface area (Å²) in [5, 5.41) is 18.3. The zero-order valence-electron chi connectivity index (χ0n) is 18.6. The molecule has 3 aromatic rings. The molecule has 0 spiro atoms. The largest absolute Gasteiger partial charge is 0.480 e. The van der Waals surface area contributed by atoms with Crippen molar-refractivity contribution in [2.75, 3.05) is 5.32 Å². The van der Waals surface area contributed by atoms with Crippen LogP contribution in [0.4, 0.5) is 11.4 Å². The van der Waals surface area contributed by atoms with Crippen molar-refractivity contribution in [1.29, 1.82) is 0 Å². The van der Waals surface area contributed by atoms with Gasteiger partial charge in [-0.15, -0.1) is 0 Å². The van der Waals surface area contributed by atoms with Gasteiger partial charge in [-0.1, -0.05) is 31.5 Å². The van der Waals surface area contributed by atoms with Crippen LogP contribution in [0.5, 0.6) is 0 Å². The van der Waals surface area contributed by atoms with Crippen molar-refractivity contribution < 1.29 is 9.90 Å². The maximum atomic E-state index is 11.1. The number of carboxylic acids is 1. The van der Waals surface area contributed by atoms with E-state index in [4.69, 9.17) is 16.7 Å². The van der Waals surface area contributed by atoms with Gasteiger partial charge in [-0.2, -0.15) is 5.10 Å². The number of benzene rings is 2. The van der Waals surface area contributed by atoms with Crippen molar-refractivity contribution >= 4 is 39.8 Å². The standard InChI is InChI=1S/C26H30ClN3O2/c1-16-7-17-9-18(8-16)13-26(2,12-17)20-4-6-23(22(27)10-20)29-21-5-3-19-14-28-30(15-25(31)32)24(19)11-21/h3-6,10-11,14,16-18,29H,7-9,12-13,15H2,1-2H3,(H,31,32). The van der Waals surface area contributed by atoms with Gasteiger partial charge in [0.15, 0.2) is 0 Å². The molecule has 2 bridgehead atoms. The Morgan fingerprint density at radius 3 is 2.62 bits per heavy atom. The molecular weight excluding hydrogens is 422 g/mol. The normalized spacial score (nSPS) is 27.4. The van der Waals surface area contributed by atoms with Crippen LogP contribution in [0.1, 0.15) is 51.5 Å². The van der Waals surface area contributed by atoms with Crippen molar-refractivity contribution in [3.63, 3.8) is 0 Å². The van der Waals surface area contributed by atoms with Gasteiger partial charge in [-0.05, 0) is 91.2 Å². The minimum atomic E-state index is -0.915. The smallest absolute Gasteiger partial charge is 0.325 e. The second-order valence-corrected chi connectivity index (χ2v) is 10.7. The second-order valence-electron chi connectivity index (χ2n) is 10.3. The molecule has 1 heterocycles. The zero-order chi connectivity index (χ0) is 22.5. The topological polar surface area (TPSA) is 67.2 Å². The van der Waals surface area contributed by atoms with E-state index in [1.807, 2.05) is 18.2 Å². The van der Waals surface area contributed by atoms with Gasteiger partial charge in [0, 0.05) is 11.1 Å². The molecule has 2 atom stereocenters. The van der Waals surface area contributed by atoms with Crippen LogP contribution in [0.3, 0.4) is 0 Å². The van der Waals surface area contributed by atoms with Gasteiger partial charge in [-0.3, -0.25) is 9.48 Å². The molecule has 168 valence electrons. The van der Waals surface area contributed by atoms with Crippen LogP contribution < -0.4 is 5.32 Å². The Morgan fingerprint density at radius 1 is 1.19 bits per heavy atom. The number of carbonyl (C=O) groups is 1. The number of halogens is 1. The minimum Gasteiger partial charge on any atom is -0.480 e. The second kappa shape index (κ2) is 8.11. The van der Waals surface area contributed by atoms with Gasteiger partial charge in [0.25, 0.3) is 0 Å². The van der Waals surface area contributed by atoms with Crippen molar-refractivity contribution in [2.24, 2.45) is 17.8 Å². The zero-order valence-corrected chi connectivity index (χ0v) is 19.4. The van der Waals surface area contributed by atoms with Crippen LogP contribution in [0.15, 0.2) is 42.6 Å². The number of nitrogens with zero attached hydrogens (tertiary/aromatic N) is 2. The highest BCUT2D eigenvalue weighted by molar-refractivity contribution is 6.33. The number of aliphatic carboxylic acids is 1. The highest BCUT2D eigenvalue weighted by Gasteiger charge is 2.41. The van der Waals surface area contributed by atoms with E-state index in [0.29, 0.717) is 5.02 Å². The molecule has 32 heavy (non-hydrogen) atoms. The average Bonchev–Trinajstić information content (AvgIpc) is 3.10. The summed E-state index contributed by atoms with van der Waals surface area (Å²) in [6, 6.07) is 12.3. The molecule has 2 aliphatic rings. The van der Waals surface area contributed by atoms with Gasteiger partial charge >= 0.3 is 5.97 Å². The molecule has 0 amide bonds. The third-order valence-electron chi connectivity index (χ3n) is 7.49. The first-order valence-corrected chi connectivity index (χ1v) is 11.9. The van der Waals surface area contributed by atoms with Crippen LogP contribution in [0.25, 0.3) is 10.9 Å². The lowest BCUT2D eigenvalue weighted by atomic mass is 9.57. The Kier molecular flexibility index (Phi) is 5.40. The van der Waals surface area contributed by atoms with Crippen molar-refractivity contribution in [2.45, 2.75) is 57.9 Å². The number of hydrogen-bond acceptors (Lipinski definition) is 3. The fourth-order valence-electron chi connectivity index (χ4n) is 6.37. The summed E-state index contributed by atoms with van der Waals surface area (Å²) in [5.74, 6) is 1.62. The molecule has 6 heteroatoms. The Bertz CT molecular complexity index is 1150. The quantitative estimate of drug-likeness (QED) is 0.457. The molecule has 2 saturated carbocycles. The average molecular weight is 452 g/mol. The highest BCUT2D eigenvalue weighted by Crippen LogP contribution is 2.51. The van der Waals surface area contributed by atoms with E-state index in [0.717, 1.165) is 40.0 Å². The van der Waals surface area contributed by atoms with E-state index in [1.54, 1.807) is 6.20 Å². The molecule has 0 radical (unpaired) electrons. The lowest BCUT2D eigenvalue weighted by Crippen LogP contribution is -2.38. The van der Waals surface area contributed by atoms with Crippen molar-refractivity contribution in [3.05, 3.63) is 53.2 Å². The number of hydrogen-bond donors (Lipinski definition) is 2. The maximum absolute atomic E-state index is 11.1. The summed E-state index contributed by atoms with van der Waals surface area (Å²) in [7, 11) is 0. The van der Waals surface area contributed by atoms with Crippen LogP contribution in [-0.2, 0) is 16.8 Å². The van der Waals surface area contributed by atoms with Gasteiger partial charge < -0.3 is 10.4 Å². The predicted octanol–water partition coefficient (Wildman–Crippen LogP) is 6.62. The highest BCUT2D eigenvalue weighted by atomic mass is 35.5. The van der Waals surface area contributed by atoms with E-state index in [1.165, 1.54) is 42.3 Å². The Morgan fingerprint density at radius 2 is 1.94 bits per heavy atom. The monoisotopic (exact) mass is 451 g/mol. The van der Waals surface area contributed by atoms with Gasteiger partial charge in [0.1, 0.15) is 6.54 Å². The number of fused-ring (bicyclic) bond motifs is 3. The summed E-state index contributed by atoms with van der Waals surface area (Å²) < 4.78 is 1.50. The summed E-state index contributed by atoms with van der Waals surface area (Å²) in [4.78, 5) is 11.1. The van der Waals surface area contributed by atoms with Crippen LogP contribution >= 0.6 is 11.6 Å². The molecule has 2 unspecified atom stereocenters. The molecule has 2 fully saturated rings. The van der Waals surface area contributed by atoms with Gasteiger partial charge in [-0.25, -0.2) is 0 Å². The van der Waals surface area contributed by atoms with E-state index in [9.17, 15) is 4.79 Å². The fourth-order valence-corrected chi connectivity index (χ4v) is 6.60. The van der Waals surface area contributed by atoms with Crippen LogP contribution in [-0.4, -0.2) is 20.9 Å². The SMILES string of the molecule is CC1CC2CC(C1)CC(C)(c1ccc(Nc3ccc4cnn(CC(=O)O)c4c3)c(Cl)c1)C2. The third-order valence-corrected chi connectivity index (χ3v) is 7.80. The number of anilines is 2. The van der Waals surface area contributed by atoms with E-state index >= 15 is 0 Å². The van der Waals surface area contributed by atoms with E-state index < -0.39 is 5.97 Å². The Labute approximate surface area is 193 Å². The number of carboxylic acid groups (broad SMARTS) is 1. The molecule has 1 aromatic heterocycles. The summed E-state index contributed by atoms with van der Waals surface area (Å²) in [6.45, 7) is 4.66. The number of rotatable bonds is 5. The minimum absolute atomic E-state index is 0.165. The molecule has 2 N–H and O–H groups in total. The Balaban J connectivity index is 1.38. The fraction of sp³-hybridized carbons (Fsp3) is 0.462. The van der Waals surface area contributed by atoms with Crippen LogP contribution in [0, 0.1) is 17.8 Å². The molecule has 0 aliphatic heterocycles. The van der Waals surface area contributed by atoms with E-state index in [2.05, 4.69) is 42.5 Å². The molecule has 2 aliphatic carbocycles. The summed E-state index contributed by atoms with van der Waals surface area (Å²) in [5.41, 5.74) is 4.02. The van der Waals surface area contributed by atoms with Gasteiger partial charge in [0.2, 0.25) is 0 Å². The Hall–Kier alpha value is -2.53. The maximum Gasteiger partial charge on any atom is 0.325 e. The predicted molar refractivity (Wildman–Crippen MR) is 129 cm³/mol. The summed E-state index contributed by atoms with van der Waals surface area (Å²) in [6.07, 6.45) is 8.31. The van der Waals surface area contributed by atoms with Gasteiger partial charge in [0.05, 0.1) is 22.4 Å². The molecule has 0 saturated heterocycles. The molecule has 5 rings (SSSR count). The first kappa shape index (κ1) is 21.3. The lowest BCUT2D eigenvalue weighted by Gasteiger charge is -2.47.